The maximum Gasteiger partial charge on any atom is 0.258 e. The Bertz CT molecular complexity index is 551. The molecule has 5 heteroatoms. The third kappa shape index (κ3) is 1.90. The summed E-state index contributed by atoms with van der Waals surface area (Å²) in [4.78, 5) is 12.1. The topological polar surface area (TPSA) is 63.3 Å². The molecule has 0 aliphatic heterocycles. The SMILES string of the molecule is NC(=O)c1ccc(-c2ccc(F)c(O)c2)s1. The molecule has 0 unspecified atom stereocenters. The zero-order chi connectivity index (χ0) is 11.7. The highest BCUT2D eigenvalue weighted by Crippen LogP contribution is 2.30. The molecule has 1 heterocycles. The monoisotopic (exact) mass is 237 g/mol. The van der Waals surface area contributed by atoms with Crippen LogP contribution in [0.25, 0.3) is 10.4 Å². The minimum absolute atomic E-state index is 0.411. The quantitative estimate of drug-likeness (QED) is 0.842. The highest BCUT2D eigenvalue weighted by molar-refractivity contribution is 7.17. The van der Waals surface area contributed by atoms with Gasteiger partial charge in [0, 0.05) is 4.88 Å². The van der Waals surface area contributed by atoms with Gasteiger partial charge in [-0.2, -0.15) is 0 Å². The number of nitrogens with two attached hydrogens (primary N) is 1. The standard InChI is InChI=1S/C11H8FNO2S/c12-7-2-1-6(5-8(7)14)9-3-4-10(16-9)11(13)15/h1-5,14H,(H2,13,15). The number of phenolic OH excluding ortho intramolecular Hbond substituents is 1. The average Bonchev–Trinajstić information content (AvgIpc) is 2.71. The minimum Gasteiger partial charge on any atom is -0.505 e. The first-order chi connectivity index (χ1) is 7.58. The second-order valence-corrected chi connectivity index (χ2v) is 4.28. The number of primary amides is 1. The number of hydrogen-bond donors (Lipinski definition) is 2. The van der Waals surface area contributed by atoms with Crippen LogP contribution < -0.4 is 5.73 Å². The fourth-order valence-corrected chi connectivity index (χ4v) is 2.15. The minimum atomic E-state index is -0.671. The first-order valence-electron chi connectivity index (χ1n) is 4.46. The molecule has 2 aromatic rings. The molecule has 0 bridgehead atoms. The van der Waals surface area contributed by atoms with Gasteiger partial charge >= 0.3 is 0 Å². The van der Waals surface area contributed by atoms with Gasteiger partial charge in [-0.05, 0) is 29.8 Å². The number of halogens is 1. The van der Waals surface area contributed by atoms with Crippen molar-refractivity contribution in [1.82, 2.24) is 0 Å². The van der Waals surface area contributed by atoms with Crippen molar-refractivity contribution < 1.29 is 14.3 Å². The fraction of sp³-hybridized carbons (Fsp3) is 0. The van der Waals surface area contributed by atoms with E-state index in [0.717, 1.165) is 4.88 Å². The summed E-state index contributed by atoms with van der Waals surface area (Å²) in [6, 6.07) is 7.33. The van der Waals surface area contributed by atoms with Gasteiger partial charge in [0.25, 0.3) is 5.91 Å². The highest BCUT2D eigenvalue weighted by atomic mass is 32.1. The van der Waals surface area contributed by atoms with E-state index in [2.05, 4.69) is 0 Å². The zero-order valence-corrected chi connectivity index (χ0v) is 8.92. The van der Waals surface area contributed by atoms with Gasteiger partial charge < -0.3 is 10.8 Å². The summed E-state index contributed by atoms with van der Waals surface area (Å²) in [6.07, 6.45) is 0. The first kappa shape index (κ1) is 10.6. The van der Waals surface area contributed by atoms with Gasteiger partial charge in [0.05, 0.1) is 4.88 Å². The Balaban J connectivity index is 2.42. The van der Waals surface area contributed by atoms with Crippen molar-refractivity contribution in [2.75, 3.05) is 0 Å². The lowest BCUT2D eigenvalue weighted by Gasteiger charge is -1.99. The summed E-state index contributed by atoms with van der Waals surface area (Å²) in [6.45, 7) is 0. The van der Waals surface area contributed by atoms with E-state index in [-0.39, 0.29) is 0 Å². The molecule has 3 nitrogen and oxygen atoms in total. The predicted octanol–water partition coefficient (Wildman–Crippen LogP) is 2.36. The molecule has 2 rings (SSSR count). The molecular weight excluding hydrogens is 229 g/mol. The van der Waals surface area contributed by atoms with E-state index >= 15 is 0 Å². The predicted molar refractivity (Wildman–Crippen MR) is 59.9 cm³/mol. The Kier molecular flexibility index (Phi) is 2.62. The molecule has 16 heavy (non-hydrogen) atoms. The summed E-state index contributed by atoms with van der Waals surface area (Å²) in [7, 11) is 0. The fourth-order valence-electron chi connectivity index (χ4n) is 1.29. The lowest BCUT2D eigenvalue weighted by atomic mass is 10.2. The number of amides is 1. The Morgan fingerprint density at radius 2 is 2.06 bits per heavy atom. The number of carbonyl (C=O) groups is 1. The molecule has 0 saturated carbocycles. The molecule has 0 saturated heterocycles. The average molecular weight is 237 g/mol. The van der Waals surface area contributed by atoms with Crippen LogP contribution >= 0.6 is 11.3 Å². The third-order valence-corrected chi connectivity index (χ3v) is 3.23. The van der Waals surface area contributed by atoms with Crippen molar-refractivity contribution in [1.29, 1.82) is 0 Å². The smallest absolute Gasteiger partial charge is 0.258 e. The van der Waals surface area contributed by atoms with E-state index in [1.165, 1.54) is 29.5 Å². The van der Waals surface area contributed by atoms with Crippen LogP contribution in [0, 0.1) is 5.82 Å². The summed E-state index contributed by atoms with van der Waals surface area (Å²) in [5.41, 5.74) is 5.77. The van der Waals surface area contributed by atoms with Crippen molar-refractivity contribution in [3.8, 4) is 16.2 Å². The van der Waals surface area contributed by atoms with E-state index in [1.807, 2.05) is 0 Å². The summed E-state index contributed by atoms with van der Waals surface area (Å²) >= 11 is 1.20. The lowest BCUT2D eigenvalue weighted by Crippen LogP contribution is -2.07. The number of hydrogen-bond acceptors (Lipinski definition) is 3. The molecule has 82 valence electrons. The van der Waals surface area contributed by atoms with E-state index in [9.17, 15) is 14.3 Å². The molecular formula is C11H8FNO2S. The number of rotatable bonds is 2. The molecule has 1 amide bonds. The van der Waals surface area contributed by atoms with Crippen LogP contribution in [0.4, 0.5) is 4.39 Å². The van der Waals surface area contributed by atoms with Crippen LogP contribution in [0.15, 0.2) is 30.3 Å². The number of aromatic hydroxyl groups is 1. The number of phenols is 1. The van der Waals surface area contributed by atoms with Gasteiger partial charge in [-0.25, -0.2) is 4.39 Å². The van der Waals surface area contributed by atoms with E-state index in [4.69, 9.17) is 5.73 Å². The van der Waals surface area contributed by atoms with Crippen LogP contribution in [0.3, 0.4) is 0 Å². The Hall–Kier alpha value is -1.88. The van der Waals surface area contributed by atoms with Crippen LogP contribution in [0.1, 0.15) is 9.67 Å². The lowest BCUT2D eigenvalue weighted by molar-refractivity contribution is 0.100. The van der Waals surface area contributed by atoms with Crippen LogP contribution in [0.5, 0.6) is 5.75 Å². The van der Waals surface area contributed by atoms with E-state index in [1.54, 1.807) is 12.1 Å². The number of thiophene rings is 1. The van der Waals surface area contributed by atoms with E-state index < -0.39 is 17.5 Å². The number of benzene rings is 1. The van der Waals surface area contributed by atoms with Crippen molar-refractivity contribution in [3.05, 3.63) is 41.0 Å². The third-order valence-electron chi connectivity index (χ3n) is 2.08. The van der Waals surface area contributed by atoms with E-state index in [0.29, 0.717) is 10.4 Å². The molecule has 1 aromatic heterocycles. The van der Waals surface area contributed by atoms with Crippen molar-refractivity contribution in [2.24, 2.45) is 5.73 Å². The highest BCUT2D eigenvalue weighted by Gasteiger charge is 2.08. The summed E-state index contributed by atoms with van der Waals surface area (Å²) in [5.74, 6) is -1.58. The molecule has 0 spiro atoms. The molecule has 3 N–H and O–H groups in total. The van der Waals surface area contributed by atoms with Crippen LogP contribution in [0.2, 0.25) is 0 Å². The second-order valence-electron chi connectivity index (χ2n) is 3.19. The Morgan fingerprint density at radius 3 is 2.62 bits per heavy atom. The van der Waals surface area contributed by atoms with Gasteiger partial charge in [-0.3, -0.25) is 4.79 Å². The Morgan fingerprint density at radius 1 is 1.31 bits per heavy atom. The molecule has 0 aliphatic carbocycles. The molecule has 0 aliphatic rings. The van der Waals surface area contributed by atoms with Crippen LogP contribution in [-0.2, 0) is 0 Å². The van der Waals surface area contributed by atoms with Gasteiger partial charge in [0.15, 0.2) is 11.6 Å². The zero-order valence-electron chi connectivity index (χ0n) is 8.11. The molecule has 0 radical (unpaired) electrons. The second kappa shape index (κ2) is 3.94. The molecule has 0 atom stereocenters. The van der Waals surface area contributed by atoms with Gasteiger partial charge in [-0.15, -0.1) is 11.3 Å². The van der Waals surface area contributed by atoms with Gasteiger partial charge in [0.1, 0.15) is 0 Å². The van der Waals surface area contributed by atoms with Crippen molar-refractivity contribution >= 4 is 17.2 Å². The Labute approximate surface area is 95.0 Å². The largest absolute Gasteiger partial charge is 0.505 e. The van der Waals surface area contributed by atoms with Gasteiger partial charge in [0.2, 0.25) is 0 Å². The summed E-state index contributed by atoms with van der Waals surface area (Å²) in [5, 5.41) is 9.22. The van der Waals surface area contributed by atoms with Crippen molar-refractivity contribution in [2.45, 2.75) is 0 Å². The molecule has 0 fully saturated rings. The van der Waals surface area contributed by atoms with Crippen molar-refractivity contribution in [3.63, 3.8) is 0 Å². The molecule has 1 aromatic carbocycles. The maximum atomic E-state index is 12.8. The summed E-state index contributed by atoms with van der Waals surface area (Å²) < 4.78 is 12.8. The first-order valence-corrected chi connectivity index (χ1v) is 5.28. The van der Waals surface area contributed by atoms with Gasteiger partial charge in [-0.1, -0.05) is 6.07 Å². The number of carbonyl (C=O) groups excluding carboxylic acids is 1. The maximum absolute atomic E-state index is 12.8. The normalized spacial score (nSPS) is 10.3. The van der Waals surface area contributed by atoms with Crippen LogP contribution in [-0.4, -0.2) is 11.0 Å².